The predicted octanol–water partition coefficient (Wildman–Crippen LogP) is 1.77. The SMILES string of the molecule is COCC(CCCl)NC(=O)c1ccc(O)cc1. The van der Waals surface area contributed by atoms with Gasteiger partial charge in [-0.2, -0.15) is 0 Å². The fourth-order valence-electron chi connectivity index (χ4n) is 1.41. The number of methoxy groups -OCH3 is 1. The minimum absolute atomic E-state index is 0.0983. The fourth-order valence-corrected chi connectivity index (χ4v) is 1.68. The number of ether oxygens (including phenoxy) is 1. The summed E-state index contributed by atoms with van der Waals surface area (Å²) in [5, 5.41) is 11.9. The Kier molecular flexibility index (Phi) is 5.80. The number of hydrogen-bond donors (Lipinski definition) is 2. The molecule has 0 aromatic heterocycles. The van der Waals surface area contributed by atoms with Crippen LogP contribution >= 0.6 is 11.6 Å². The van der Waals surface area contributed by atoms with E-state index in [-0.39, 0.29) is 17.7 Å². The van der Waals surface area contributed by atoms with E-state index in [1.54, 1.807) is 19.2 Å². The van der Waals surface area contributed by atoms with E-state index >= 15 is 0 Å². The van der Waals surface area contributed by atoms with Gasteiger partial charge in [0.25, 0.3) is 5.91 Å². The number of benzene rings is 1. The lowest BCUT2D eigenvalue weighted by atomic mass is 10.1. The number of aromatic hydroxyl groups is 1. The van der Waals surface area contributed by atoms with E-state index < -0.39 is 0 Å². The molecule has 4 nitrogen and oxygen atoms in total. The maximum Gasteiger partial charge on any atom is 0.251 e. The largest absolute Gasteiger partial charge is 0.508 e. The van der Waals surface area contributed by atoms with Gasteiger partial charge in [0, 0.05) is 18.6 Å². The minimum atomic E-state index is -0.197. The molecule has 0 heterocycles. The van der Waals surface area contributed by atoms with E-state index in [0.717, 1.165) is 0 Å². The van der Waals surface area contributed by atoms with Gasteiger partial charge in [0.05, 0.1) is 12.6 Å². The number of halogens is 1. The Morgan fingerprint density at radius 2 is 2.12 bits per heavy atom. The zero-order valence-electron chi connectivity index (χ0n) is 9.65. The van der Waals surface area contributed by atoms with Crippen LogP contribution in [-0.4, -0.2) is 36.7 Å². The van der Waals surface area contributed by atoms with Crippen molar-refractivity contribution in [3.8, 4) is 5.75 Å². The molecule has 94 valence electrons. The summed E-state index contributed by atoms with van der Waals surface area (Å²) in [5.74, 6) is 0.400. The molecule has 2 N–H and O–H groups in total. The number of phenolic OH excluding ortho intramolecular Hbond substituents is 1. The average molecular weight is 258 g/mol. The van der Waals surface area contributed by atoms with Crippen LogP contribution in [0.25, 0.3) is 0 Å². The van der Waals surface area contributed by atoms with Crippen molar-refractivity contribution in [2.45, 2.75) is 12.5 Å². The summed E-state index contributed by atoms with van der Waals surface area (Å²) < 4.78 is 5.00. The van der Waals surface area contributed by atoms with Crippen molar-refractivity contribution in [3.63, 3.8) is 0 Å². The molecule has 1 unspecified atom stereocenters. The summed E-state index contributed by atoms with van der Waals surface area (Å²) in [4.78, 5) is 11.8. The van der Waals surface area contributed by atoms with Crippen molar-refractivity contribution in [2.24, 2.45) is 0 Å². The molecule has 0 aliphatic heterocycles. The maximum atomic E-state index is 11.8. The third-order valence-electron chi connectivity index (χ3n) is 2.29. The van der Waals surface area contributed by atoms with Crippen LogP contribution in [0.4, 0.5) is 0 Å². The summed E-state index contributed by atoms with van der Waals surface area (Å²) in [6.45, 7) is 0.427. The predicted molar refractivity (Wildman–Crippen MR) is 66.6 cm³/mol. The summed E-state index contributed by atoms with van der Waals surface area (Å²) in [6, 6.07) is 5.98. The molecule has 0 spiro atoms. The van der Waals surface area contributed by atoms with Crippen molar-refractivity contribution in [1.29, 1.82) is 0 Å². The van der Waals surface area contributed by atoms with Gasteiger partial charge in [0.15, 0.2) is 0 Å². The van der Waals surface area contributed by atoms with E-state index in [4.69, 9.17) is 21.4 Å². The molecule has 1 rings (SSSR count). The Hall–Kier alpha value is -1.26. The Morgan fingerprint density at radius 1 is 1.47 bits per heavy atom. The van der Waals surface area contributed by atoms with Crippen molar-refractivity contribution in [1.82, 2.24) is 5.32 Å². The van der Waals surface area contributed by atoms with Crippen molar-refractivity contribution >= 4 is 17.5 Å². The molecule has 0 radical (unpaired) electrons. The first kappa shape index (κ1) is 13.8. The van der Waals surface area contributed by atoms with Gasteiger partial charge in [-0.25, -0.2) is 0 Å². The molecule has 1 amide bonds. The summed E-state index contributed by atoms with van der Waals surface area (Å²) in [6.07, 6.45) is 0.652. The van der Waals surface area contributed by atoms with Crippen LogP contribution in [0, 0.1) is 0 Å². The fraction of sp³-hybridized carbons (Fsp3) is 0.417. The minimum Gasteiger partial charge on any atom is -0.508 e. The van der Waals surface area contributed by atoms with Gasteiger partial charge in [0.2, 0.25) is 0 Å². The third-order valence-corrected chi connectivity index (χ3v) is 2.51. The molecular formula is C12H16ClNO3. The summed E-state index contributed by atoms with van der Waals surface area (Å²) >= 11 is 5.64. The smallest absolute Gasteiger partial charge is 0.251 e. The highest BCUT2D eigenvalue weighted by Gasteiger charge is 2.12. The van der Waals surface area contributed by atoms with Crippen LogP contribution < -0.4 is 5.32 Å². The van der Waals surface area contributed by atoms with Gasteiger partial charge in [-0.05, 0) is 30.7 Å². The number of alkyl halides is 1. The lowest BCUT2D eigenvalue weighted by Gasteiger charge is -2.16. The zero-order chi connectivity index (χ0) is 12.7. The van der Waals surface area contributed by atoms with Crippen LogP contribution in [-0.2, 0) is 4.74 Å². The number of rotatable bonds is 6. The summed E-state index contributed by atoms with van der Waals surface area (Å²) in [5.41, 5.74) is 0.499. The second-order valence-corrected chi connectivity index (χ2v) is 4.03. The Morgan fingerprint density at radius 3 is 2.65 bits per heavy atom. The molecule has 17 heavy (non-hydrogen) atoms. The van der Waals surface area contributed by atoms with Gasteiger partial charge >= 0.3 is 0 Å². The monoisotopic (exact) mass is 257 g/mol. The highest BCUT2D eigenvalue weighted by Crippen LogP contribution is 2.10. The molecule has 1 atom stereocenters. The van der Waals surface area contributed by atoms with E-state index in [0.29, 0.717) is 24.5 Å². The van der Waals surface area contributed by atoms with E-state index in [1.807, 2.05) is 0 Å². The molecule has 0 saturated heterocycles. The van der Waals surface area contributed by atoms with Crippen LogP contribution in [0.5, 0.6) is 5.75 Å². The van der Waals surface area contributed by atoms with Crippen molar-refractivity contribution in [2.75, 3.05) is 19.6 Å². The first-order valence-electron chi connectivity index (χ1n) is 5.32. The molecular weight excluding hydrogens is 242 g/mol. The number of carbonyl (C=O) groups is 1. The maximum absolute atomic E-state index is 11.8. The van der Waals surface area contributed by atoms with Gasteiger partial charge in [0.1, 0.15) is 5.75 Å². The number of phenols is 1. The molecule has 0 aliphatic rings. The second-order valence-electron chi connectivity index (χ2n) is 3.65. The zero-order valence-corrected chi connectivity index (χ0v) is 10.4. The van der Waals surface area contributed by atoms with Crippen LogP contribution in [0.2, 0.25) is 0 Å². The molecule has 0 bridgehead atoms. The lowest BCUT2D eigenvalue weighted by Crippen LogP contribution is -2.38. The van der Waals surface area contributed by atoms with Crippen LogP contribution in [0.3, 0.4) is 0 Å². The molecule has 0 aliphatic carbocycles. The van der Waals surface area contributed by atoms with E-state index in [2.05, 4.69) is 5.32 Å². The molecule has 1 aromatic carbocycles. The molecule has 0 fully saturated rings. The highest BCUT2D eigenvalue weighted by molar-refractivity contribution is 6.17. The third kappa shape index (κ3) is 4.63. The summed E-state index contributed by atoms with van der Waals surface area (Å²) in [7, 11) is 1.58. The van der Waals surface area contributed by atoms with E-state index in [9.17, 15) is 4.79 Å². The van der Waals surface area contributed by atoms with Gasteiger partial charge in [-0.3, -0.25) is 4.79 Å². The number of amides is 1. The second kappa shape index (κ2) is 7.14. The molecule has 0 saturated carbocycles. The first-order valence-corrected chi connectivity index (χ1v) is 5.85. The van der Waals surface area contributed by atoms with E-state index in [1.165, 1.54) is 12.1 Å². The van der Waals surface area contributed by atoms with Crippen molar-refractivity contribution in [3.05, 3.63) is 29.8 Å². The van der Waals surface area contributed by atoms with Gasteiger partial charge in [-0.15, -0.1) is 11.6 Å². The van der Waals surface area contributed by atoms with Crippen LogP contribution in [0.1, 0.15) is 16.8 Å². The highest BCUT2D eigenvalue weighted by atomic mass is 35.5. The Bertz CT molecular complexity index is 347. The van der Waals surface area contributed by atoms with Gasteiger partial charge < -0.3 is 15.2 Å². The van der Waals surface area contributed by atoms with Crippen LogP contribution in [0.15, 0.2) is 24.3 Å². The topological polar surface area (TPSA) is 58.6 Å². The number of nitrogens with one attached hydrogen (secondary N) is 1. The lowest BCUT2D eigenvalue weighted by molar-refractivity contribution is 0.0895. The number of carbonyl (C=O) groups excluding carboxylic acids is 1. The molecule has 1 aromatic rings. The quantitative estimate of drug-likeness (QED) is 0.764. The van der Waals surface area contributed by atoms with Gasteiger partial charge in [-0.1, -0.05) is 0 Å². The standard InChI is InChI=1S/C12H16ClNO3/c1-17-8-10(6-7-13)14-12(16)9-2-4-11(15)5-3-9/h2-5,10,15H,6-8H2,1H3,(H,14,16). The van der Waals surface area contributed by atoms with Crippen molar-refractivity contribution < 1.29 is 14.6 Å². The number of hydrogen-bond acceptors (Lipinski definition) is 3. The Balaban J connectivity index is 2.60. The Labute approximate surface area is 106 Å². The first-order chi connectivity index (χ1) is 8.17. The normalized spacial score (nSPS) is 12.1. The molecule has 5 heteroatoms. The average Bonchev–Trinajstić information content (AvgIpc) is 2.30.